The first-order valence-corrected chi connectivity index (χ1v) is 9.00. The molecule has 0 amide bonds. The maximum atomic E-state index is 8.15. The molecule has 126 valence electrons. The summed E-state index contributed by atoms with van der Waals surface area (Å²) in [5.74, 6) is 2.36. The molecule has 3 aliphatic rings. The molecule has 1 aliphatic carbocycles. The summed E-state index contributed by atoms with van der Waals surface area (Å²) < 4.78 is 5.29. The highest BCUT2D eigenvalue weighted by atomic mass is 16.3. The maximum absolute atomic E-state index is 8.15. The summed E-state index contributed by atoms with van der Waals surface area (Å²) >= 11 is 0. The Balaban J connectivity index is 1.32. The molecule has 5 nitrogen and oxygen atoms in total. The Morgan fingerprint density at radius 3 is 3.12 bits per heavy atom. The van der Waals surface area contributed by atoms with Crippen LogP contribution in [0.25, 0.3) is 10.9 Å². The van der Waals surface area contributed by atoms with E-state index in [1.165, 1.54) is 42.4 Å². The summed E-state index contributed by atoms with van der Waals surface area (Å²) in [6.07, 6.45) is 6.45. The lowest BCUT2D eigenvalue weighted by molar-refractivity contribution is 0.182. The summed E-state index contributed by atoms with van der Waals surface area (Å²) in [4.78, 5) is 6.09. The standard InChI is InChI=1S/C20H20N4O/c21-19(18-2-1-7-25-18)23-12-3-4-17-13(8-12)15(10-22-17)14-9-20-11-24(20)6-5-16(14)20/h1-4,7-8,10,14,16,22H,5-6,9,11H2,(H2,21,23). The number of aromatic amines is 1. The highest BCUT2D eigenvalue weighted by Crippen LogP contribution is 2.66. The van der Waals surface area contributed by atoms with Crippen molar-refractivity contribution in [3.8, 4) is 0 Å². The molecule has 6 rings (SSSR count). The number of piperidine rings is 1. The largest absolute Gasteiger partial charge is 0.461 e. The molecule has 4 heterocycles. The van der Waals surface area contributed by atoms with E-state index in [4.69, 9.17) is 9.83 Å². The molecule has 4 atom stereocenters. The van der Waals surface area contributed by atoms with Gasteiger partial charge in [-0.1, -0.05) is 0 Å². The van der Waals surface area contributed by atoms with Gasteiger partial charge in [0.2, 0.25) is 0 Å². The number of H-pyrrole nitrogens is 1. The molecule has 3 aromatic rings. The van der Waals surface area contributed by atoms with Crippen LogP contribution in [0.1, 0.15) is 30.1 Å². The fraction of sp³-hybridized carbons (Fsp3) is 0.350. The maximum Gasteiger partial charge on any atom is 0.168 e. The number of amidine groups is 1. The van der Waals surface area contributed by atoms with E-state index in [1.807, 2.05) is 6.07 Å². The lowest BCUT2D eigenvalue weighted by atomic mass is 9.61. The molecule has 1 spiro atoms. The highest BCUT2D eigenvalue weighted by Gasteiger charge is 2.70. The second-order valence-corrected chi connectivity index (χ2v) is 7.71. The Morgan fingerprint density at radius 2 is 2.32 bits per heavy atom. The zero-order valence-electron chi connectivity index (χ0n) is 13.9. The predicted octanol–water partition coefficient (Wildman–Crippen LogP) is 3.76. The molecule has 4 unspecified atom stereocenters. The van der Waals surface area contributed by atoms with E-state index in [0.29, 0.717) is 17.2 Å². The van der Waals surface area contributed by atoms with Crippen LogP contribution >= 0.6 is 0 Å². The third-order valence-corrected chi connectivity index (χ3v) is 6.60. The molecule has 25 heavy (non-hydrogen) atoms. The van der Waals surface area contributed by atoms with Crippen LogP contribution in [0.3, 0.4) is 0 Å². The molecule has 0 radical (unpaired) electrons. The average Bonchev–Trinajstić information content (AvgIpc) is 2.98. The lowest BCUT2D eigenvalue weighted by Gasteiger charge is -2.42. The van der Waals surface area contributed by atoms with E-state index < -0.39 is 0 Å². The van der Waals surface area contributed by atoms with Gasteiger partial charge in [0.25, 0.3) is 0 Å². The minimum Gasteiger partial charge on any atom is -0.461 e. The normalized spacial score (nSPS) is 32.1. The number of furan rings is 1. The van der Waals surface area contributed by atoms with Crippen LogP contribution in [0.2, 0.25) is 0 Å². The molecule has 0 bridgehead atoms. The molecule has 3 fully saturated rings. The van der Waals surface area contributed by atoms with Crippen LogP contribution in [0, 0.1) is 11.3 Å². The third kappa shape index (κ3) is 1.79. The van der Waals surface area contributed by atoms with Gasteiger partial charge in [0.15, 0.2) is 11.6 Å². The van der Waals surface area contributed by atoms with Crippen LogP contribution in [0.4, 0.5) is 5.69 Å². The summed E-state index contributed by atoms with van der Waals surface area (Å²) in [6.45, 7) is 2.61. The molecule has 5 heteroatoms. The Bertz CT molecular complexity index is 986. The zero-order valence-corrected chi connectivity index (χ0v) is 13.9. The van der Waals surface area contributed by atoms with E-state index >= 15 is 0 Å². The number of rotatable bonds is 3. The first-order valence-electron chi connectivity index (χ1n) is 9.00. The van der Waals surface area contributed by atoms with Crippen molar-refractivity contribution in [1.29, 1.82) is 5.41 Å². The zero-order chi connectivity index (χ0) is 16.6. The van der Waals surface area contributed by atoms with Crippen LogP contribution < -0.4 is 5.32 Å². The quantitative estimate of drug-likeness (QED) is 0.389. The van der Waals surface area contributed by atoms with Crippen molar-refractivity contribution in [2.24, 2.45) is 5.92 Å². The van der Waals surface area contributed by atoms with Crippen molar-refractivity contribution in [1.82, 2.24) is 9.88 Å². The van der Waals surface area contributed by atoms with Crippen LogP contribution in [-0.2, 0) is 0 Å². The first kappa shape index (κ1) is 13.7. The van der Waals surface area contributed by atoms with Crippen LogP contribution in [0.15, 0.2) is 47.2 Å². The fourth-order valence-electron chi connectivity index (χ4n) is 5.28. The number of nitrogens with one attached hydrogen (secondary N) is 3. The molecule has 2 saturated heterocycles. The molecule has 2 aromatic heterocycles. The van der Waals surface area contributed by atoms with Crippen molar-refractivity contribution in [3.05, 3.63) is 54.1 Å². The Morgan fingerprint density at radius 1 is 1.36 bits per heavy atom. The SMILES string of the molecule is N=C(Nc1ccc2[nH]cc(C3CC45CN4CCC35)c2c1)c1ccco1. The summed E-state index contributed by atoms with van der Waals surface area (Å²) in [6, 6.07) is 9.88. The Hall–Kier alpha value is -2.53. The first-order chi connectivity index (χ1) is 12.2. The molecule has 1 saturated carbocycles. The van der Waals surface area contributed by atoms with Gasteiger partial charge < -0.3 is 14.7 Å². The summed E-state index contributed by atoms with van der Waals surface area (Å²) in [5, 5.41) is 12.6. The number of anilines is 1. The van der Waals surface area contributed by atoms with Gasteiger partial charge in [-0.05, 0) is 67.1 Å². The van der Waals surface area contributed by atoms with Crippen molar-refractivity contribution in [2.75, 3.05) is 18.4 Å². The highest BCUT2D eigenvalue weighted by molar-refractivity contribution is 6.05. The summed E-state index contributed by atoms with van der Waals surface area (Å²) in [5.41, 5.74) is 4.14. The van der Waals surface area contributed by atoms with E-state index in [9.17, 15) is 0 Å². The monoisotopic (exact) mass is 332 g/mol. The van der Waals surface area contributed by atoms with Crippen molar-refractivity contribution >= 4 is 22.4 Å². The van der Waals surface area contributed by atoms with Gasteiger partial charge in [0.05, 0.1) is 6.26 Å². The van der Waals surface area contributed by atoms with Gasteiger partial charge in [-0.3, -0.25) is 10.3 Å². The van der Waals surface area contributed by atoms with Gasteiger partial charge in [0.1, 0.15) is 0 Å². The predicted molar refractivity (Wildman–Crippen MR) is 97.2 cm³/mol. The van der Waals surface area contributed by atoms with Gasteiger partial charge in [-0.25, -0.2) is 0 Å². The van der Waals surface area contributed by atoms with Gasteiger partial charge in [0, 0.05) is 34.9 Å². The lowest BCUT2D eigenvalue weighted by Crippen LogP contribution is -2.41. The minimum atomic E-state index is 0.286. The van der Waals surface area contributed by atoms with Gasteiger partial charge in [-0.15, -0.1) is 0 Å². The van der Waals surface area contributed by atoms with Crippen LogP contribution in [0.5, 0.6) is 0 Å². The number of benzene rings is 1. The smallest absolute Gasteiger partial charge is 0.168 e. The molecule has 2 aliphatic heterocycles. The number of hydrogen-bond acceptors (Lipinski definition) is 3. The summed E-state index contributed by atoms with van der Waals surface area (Å²) in [7, 11) is 0. The third-order valence-electron chi connectivity index (χ3n) is 6.60. The second kappa shape index (κ2) is 4.55. The number of aromatic nitrogens is 1. The van der Waals surface area contributed by atoms with E-state index in [2.05, 4.69) is 33.5 Å². The van der Waals surface area contributed by atoms with E-state index in [-0.39, 0.29) is 5.84 Å². The van der Waals surface area contributed by atoms with Crippen molar-refractivity contribution in [3.63, 3.8) is 0 Å². The molecule has 1 aromatic carbocycles. The minimum absolute atomic E-state index is 0.286. The van der Waals surface area contributed by atoms with E-state index in [0.717, 1.165) is 11.6 Å². The number of fused-ring (bicyclic) bond motifs is 1. The Kier molecular flexibility index (Phi) is 2.50. The average molecular weight is 332 g/mol. The molecular formula is C20H20N4O. The topological polar surface area (TPSA) is 67.8 Å². The fourth-order valence-corrected chi connectivity index (χ4v) is 5.28. The molecular weight excluding hydrogens is 312 g/mol. The van der Waals surface area contributed by atoms with Gasteiger partial charge >= 0.3 is 0 Å². The van der Waals surface area contributed by atoms with Gasteiger partial charge in [-0.2, -0.15) is 0 Å². The van der Waals surface area contributed by atoms with Crippen molar-refractivity contribution < 1.29 is 4.42 Å². The van der Waals surface area contributed by atoms with E-state index in [1.54, 1.807) is 18.4 Å². The number of hydrogen-bond donors (Lipinski definition) is 3. The second-order valence-electron chi connectivity index (χ2n) is 7.71. The molecule has 3 N–H and O–H groups in total. The Labute approximate surface area is 145 Å². The van der Waals surface area contributed by atoms with Crippen molar-refractivity contribution in [2.45, 2.75) is 24.3 Å². The number of nitrogens with zero attached hydrogens (tertiary/aromatic N) is 1. The van der Waals surface area contributed by atoms with Crippen LogP contribution in [-0.4, -0.2) is 34.3 Å².